The number of allylic oxidation sites excluding steroid dienone is 2. The number of para-hydroxylation sites is 1. The zero-order valence-electron chi connectivity index (χ0n) is 39.2. The molecule has 7 rings (SSSR count). The number of benzene rings is 5. The van der Waals surface area contributed by atoms with Gasteiger partial charge in [0.2, 0.25) is 0 Å². The minimum Gasteiger partial charge on any atom is -0.496 e. The normalized spacial score (nSPS) is 14.6. The Labute approximate surface area is 400 Å². The number of hydrogen-bond acceptors (Lipinski definition) is 4. The van der Waals surface area contributed by atoms with Gasteiger partial charge in [0.05, 0.1) is 24.2 Å². The van der Waals surface area contributed by atoms with E-state index in [1.807, 2.05) is 75.4 Å². The number of alkyl halides is 10. The number of methoxy groups -OCH3 is 1. The molecule has 0 unspecified atom stereocenters. The topological polar surface area (TPSA) is 45.0 Å². The average Bonchev–Trinajstić information content (AvgIpc) is 3.92. The second kappa shape index (κ2) is 19.4. The fraction of sp³-hybridized carbons (Fsp3) is 0.278. The summed E-state index contributed by atoms with van der Waals surface area (Å²) in [6.07, 6.45) is -10.6. The van der Waals surface area contributed by atoms with Crippen molar-refractivity contribution in [3.63, 3.8) is 0 Å². The number of hydrogen-bond donors (Lipinski definition) is 0. The highest BCUT2D eigenvalue weighted by Gasteiger charge is 2.60. The van der Waals surface area contributed by atoms with Gasteiger partial charge >= 0.3 is 31.5 Å². The van der Waals surface area contributed by atoms with Gasteiger partial charge in [-0.25, -0.2) is 4.99 Å². The van der Waals surface area contributed by atoms with Crippen molar-refractivity contribution < 1.29 is 57.9 Å². The summed E-state index contributed by atoms with van der Waals surface area (Å²) in [5.74, 6) is -11.1. The Morgan fingerprint density at radius 1 is 0.543 bits per heavy atom. The maximum atomic E-state index is 15.0. The van der Waals surface area contributed by atoms with Crippen molar-refractivity contribution >= 4 is 24.1 Å². The Hall–Kier alpha value is -6.39. The smallest absolute Gasteiger partial charge is 0.496 e. The van der Waals surface area contributed by atoms with Gasteiger partial charge in [-0.3, -0.25) is 0 Å². The van der Waals surface area contributed by atoms with Gasteiger partial charge in [-0.1, -0.05) is 169 Å². The second-order valence-electron chi connectivity index (χ2n) is 18.9. The summed E-state index contributed by atoms with van der Waals surface area (Å²) in [5, 5.41) is 0. The largest absolute Gasteiger partial charge is 0.598 e. The molecule has 16 heteroatoms. The molecule has 1 aliphatic rings. The van der Waals surface area contributed by atoms with E-state index in [0.29, 0.717) is 28.0 Å². The number of ether oxygens (including phenoxy) is 1. The van der Waals surface area contributed by atoms with E-state index in [2.05, 4.69) is 20.8 Å². The Bertz CT molecular complexity index is 2860. The van der Waals surface area contributed by atoms with Crippen molar-refractivity contribution in [3.05, 3.63) is 185 Å². The van der Waals surface area contributed by atoms with Crippen molar-refractivity contribution in [1.82, 2.24) is 4.48 Å². The zero-order chi connectivity index (χ0) is 51.0. The number of aliphatic imine (C=N–C) groups is 1. The number of rotatable bonds is 14. The molecule has 0 radical (unpaired) electrons. The molecule has 0 N–H and O–H groups in total. The van der Waals surface area contributed by atoms with Crippen LogP contribution in [0.25, 0.3) is 33.5 Å². The first-order valence-corrected chi connectivity index (χ1v) is 22.1. The predicted molar refractivity (Wildman–Crippen MR) is 254 cm³/mol. The summed E-state index contributed by atoms with van der Waals surface area (Å²) < 4.78 is 160. The van der Waals surface area contributed by atoms with E-state index in [1.165, 1.54) is 25.3 Å². The van der Waals surface area contributed by atoms with E-state index >= 15 is 0 Å². The molecule has 366 valence electrons. The fourth-order valence-corrected chi connectivity index (χ4v) is 7.87. The Morgan fingerprint density at radius 3 is 1.47 bits per heavy atom. The van der Waals surface area contributed by atoms with Gasteiger partial charge in [-0.05, 0) is 56.9 Å². The van der Waals surface area contributed by atoms with E-state index in [4.69, 9.17) is 19.0 Å². The maximum Gasteiger partial charge on any atom is 0.598 e. The lowest BCUT2D eigenvalue weighted by Gasteiger charge is -2.28. The standard InChI is InChI=1S/C54H49BF10N2O3/c1-49(2,3)38-26-22-35(23-27-38)41-30-43(36-24-28-39(29-25-36)50(4,5)6)66-47(41)46(40-20-14-15-21-45(40)68-7)48-42(34-16-10-8-11-17-34)31-44(37-18-12-9-13-19-37)67(48)55(69-32-51(56,57)53(60,61)62)70-33-52(58,59)54(63,64)65/h8-31H,32-33H2,1-7H3/b47-46-. The van der Waals surface area contributed by atoms with E-state index in [9.17, 15) is 43.9 Å². The SMILES string of the molecule is COc1ccccc1/C(=C1/N=C(c2ccc(C(C)(C)C)cc2)C=C1c1ccc(C(C)(C)C)cc1)c1c(-c2ccccc2)cc(-c2ccccc2)n1B(OCC(F)(F)C(F)(F)F)OCC(F)(F)C(F)(F)F. The Kier molecular flexibility index (Phi) is 14.3. The van der Waals surface area contributed by atoms with Crippen LogP contribution >= 0.6 is 0 Å². The van der Waals surface area contributed by atoms with Gasteiger partial charge in [0, 0.05) is 33.5 Å². The minimum atomic E-state index is -6.22. The van der Waals surface area contributed by atoms with Crippen LogP contribution in [0.4, 0.5) is 43.9 Å². The predicted octanol–water partition coefficient (Wildman–Crippen LogP) is 15.0. The maximum absolute atomic E-state index is 15.0. The molecule has 1 aromatic heterocycles. The molecule has 0 fully saturated rings. The highest BCUT2D eigenvalue weighted by atomic mass is 19.4. The highest BCUT2D eigenvalue weighted by Crippen LogP contribution is 2.48. The number of halogens is 10. The minimum absolute atomic E-state index is 0.0851. The summed E-state index contributed by atoms with van der Waals surface area (Å²) >= 11 is 0. The summed E-state index contributed by atoms with van der Waals surface area (Å²) in [5.41, 5.74) is 4.90. The number of nitrogens with zero attached hydrogens (tertiary/aromatic N) is 2. The van der Waals surface area contributed by atoms with Crippen LogP contribution in [0, 0.1) is 0 Å². The lowest BCUT2D eigenvalue weighted by molar-refractivity contribution is -0.295. The molecule has 70 heavy (non-hydrogen) atoms. The van der Waals surface area contributed by atoms with Crippen LogP contribution in [-0.2, 0) is 20.1 Å². The van der Waals surface area contributed by atoms with Gasteiger partial charge in [0.15, 0.2) is 0 Å². The molecule has 5 nitrogen and oxygen atoms in total. The molecule has 0 saturated heterocycles. The van der Waals surface area contributed by atoms with Crippen LogP contribution in [-0.4, -0.2) is 62.0 Å². The summed E-state index contributed by atoms with van der Waals surface area (Å²) in [6.45, 7) is 7.25. The molecule has 2 heterocycles. The van der Waals surface area contributed by atoms with Gasteiger partial charge in [-0.2, -0.15) is 43.9 Å². The Balaban J connectivity index is 1.67. The molecule has 5 aromatic carbocycles. The quantitative estimate of drug-likeness (QED) is 0.0807. The molecule has 6 aromatic rings. The molecule has 1 aliphatic heterocycles. The van der Waals surface area contributed by atoms with Crippen molar-refractivity contribution in [3.8, 4) is 28.1 Å². The first kappa shape index (κ1) is 51.5. The van der Waals surface area contributed by atoms with E-state index in [1.54, 1.807) is 72.8 Å². The first-order valence-electron chi connectivity index (χ1n) is 22.1. The highest BCUT2D eigenvalue weighted by molar-refractivity contribution is 6.44. The molecule has 0 atom stereocenters. The number of aromatic nitrogens is 1. The average molecular weight is 975 g/mol. The van der Waals surface area contributed by atoms with Crippen LogP contribution in [0.3, 0.4) is 0 Å². The molecule has 0 aliphatic carbocycles. The Morgan fingerprint density at radius 2 is 1.00 bits per heavy atom. The van der Waals surface area contributed by atoms with Gasteiger partial charge < -0.3 is 18.5 Å². The van der Waals surface area contributed by atoms with Crippen LogP contribution in [0.5, 0.6) is 5.75 Å². The molecular formula is C54H49BF10N2O3. The van der Waals surface area contributed by atoms with E-state index < -0.39 is 44.7 Å². The summed E-state index contributed by atoms with van der Waals surface area (Å²) in [4.78, 5) is 5.28. The van der Waals surface area contributed by atoms with Crippen LogP contribution in [0.1, 0.15) is 75.1 Å². The third-order valence-electron chi connectivity index (χ3n) is 11.8. The van der Waals surface area contributed by atoms with Crippen molar-refractivity contribution in [2.75, 3.05) is 20.3 Å². The summed E-state index contributed by atoms with van der Waals surface area (Å²) in [6, 6.07) is 39.6. The van der Waals surface area contributed by atoms with Gasteiger partial charge in [-0.15, -0.1) is 0 Å². The van der Waals surface area contributed by atoms with Crippen molar-refractivity contribution in [1.29, 1.82) is 0 Å². The third kappa shape index (κ3) is 10.8. The first-order chi connectivity index (χ1) is 32.7. The third-order valence-corrected chi connectivity index (χ3v) is 11.8. The van der Waals surface area contributed by atoms with E-state index in [0.717, 1.165) is 15.6 Å². The monoisotopic (exact) mass is 974 g/mol. The molecule has 0 bridgehead atoms. The molecular weight excluding hydrogens is 925 g/mol. The van der Waals surface area contributed by atoms with E-state index in [-0.39, 0.29) is 55.9 Å². The summed E-state index contributed by atoms with van der Waals surface area (Å²) in [7, 11) is -1.44. The lowest BCUT2D eigenvalue weighted by Crippen LogP contribution is -2.48. The van der Waals surface area contributed by atoms with Crippen LogP contribution < -0.4 is 4.74 Å². The van der Waals surface area contributed by atoms with Crippen LogP contribution in [0.2, 0.25) is 0 Å². The zero-order valence-corrected chi connectivity index (χ0v) is 39.2. The molecule has 0 spiro atoms. The lowest BCUT2D eigenvalue weighted by atomic mass is 9.85. The molecule has 0 saturated carbocycles. The van der Waals surface area contributed by atoms with Crippen molar-refractivity contribution in [2.24, 2.45) is 4.99 Å². The van der Waals surface area contributed by atoms with Gasteiger partial charge in [0.25, 0.3) is 0 Å². The second-order valence-corrected chi connectivity index (χ2v) is 18.9. The van der Waals surface area contributed by atoms with Crippen molar-refractivity contribution in [2.45, 2.75) is 76.6 Å². The fourth-order valence-electron chi connectivity index (χ4n) is 7.87. The van der Waals surface area contributed by atoms with Gasteiger partial charge in [0.1, 0.15) is 19.0 Å². The molecule has 0 amide bonds. The van der Waals surface area contributed by atoms with Crippen LogP contribution in [0.15, 0.2) is 156 Å².